The SMILES string of the molecule is COC(=O)N(Cc1cc(C(F)(F)F)cc(C(F)(F)F)c1)C1CC(C2CC2)N(C(=O)OCC(F)(F)F)c2ccc(C(F)(F)F)cc21. The molecule has 1 saturated carbocycles. The molecule has 1 heterocycles. The van der Waals surface area contributed by atoms with Gasteiger partial charge in [-0.3, -0.25) is 9.80 Å². The number of hydrogen-bond donors (Lipinski definition) is 0. The molecule has 0 bridgehead atoms. The lowest BCUT2D eigenvalue weighted by molar-refractivity contribution is -0.160. The normalized spacial score (nSPS) is 19.2. The van der Waals surface area contributed by atoms with Crippen molar-refractivity contribution in [2.24, 2.45) is 5.92 Å². The van der Waals surface area contributed by atoms with Gasteiger partial charge >= 0.3 is 36.9 Å². The summed E-state index contributed by atoms with van der Waals surface area (Å²) in [6.45, 7) is -3.04. The summed E-state index contributed by atoms with van der Waals surface area (Å²) in [5.41, 5.74) is -6.31. The number of anilines is 1. The predicted molar refractivity (Wildman–Crippen MR) is 130 cm³/mol. The Morgan fingerprint density at radius 1 is 0.822 bits per heavy atom. The fourth-order valence-electron chi connectivity index (χ4n) is 5.21. The van der Waals surface area contributed by atoms with Gasteiger partial charge in [0.15, 0.2) is 6.61 Å². The number of amides is 2. The third-order valence-electron chi connectivity index (χ3n) is 7.28. The van der Waals surface area contributed by atoms with Crippen molar-refractivity contribution in [1.29, 1.82) is 0 Å². The molecule has 2 aliphatic rings. The van der Waals surface area contributed by atoms with Crippen LogP contribution >= 0.6 is 0 Å². The Balaban J connectivity index is 1.87. The molecule has 1 aliphatic carbocycles. The van der Waals surface area contributed by atoms with Crippen molar-refractivity contribution in [1.82, 2.24) is 4.90 Å². The number of halogens is 12. The summed E-state index contributed by atoms with van der Waals surface area (Å²) in [5, 5.41) is 0. The van der Waals surface area contributed by atoms with Crippen LogP contribution in [-0.2, 0) is 34.5 Å². The molecule has 45 heavy (non-hydrogen) atoms. The van der Waals surface area contributed by atoms with Gasteiger partial charge in [-0.1, -0.05) is 0 Å². The van der Waals surface area contributed by atoms with E-state index in [0.717, 1.165) is 18.1 Å². The third-order valence-corrected chi connectivity index (χ3v) is 7.28. The first-order chi connectivity index (χ1) is 20.6. The van der Waals surface area contributed by atoms with Crippen molar-refractivity contribution in [3.05, 3.63) is 64.2 Å². The molecule has 6 nitrogen and oxygen atoms in total. The quantitative estimate of drug-likeness (QED) is 0.300. The number of nitrogens with zero attached hydrogens (tertiary/aromatic N) is 2. The molecule has 2 atom stereocenters. The minimum absolute atomic E-state index is 0.148. The van der Waals surface area contributed by atoms with Crippen molar-refractivity contribution in [3.63, 3.8) is 0 Å². The van der Waals surface area contributed by atoms with Gasteiger partial charge in [-0.05, 0) is 72.7 Å². The highest BCUT2D eigenvalue weighted by molar-refractivity contribution is 5.91. The smallest absolute Gasteiger partial charge is 0.422 e. The zero-order valence-corrected chi connectivity index (χ0v) is 22.8. The van der Waals surface area contributed by atoms with Gasteiger partial charge in [-0.2, -0.15) is 52.7 Å². The average Bonchev–Trinajstić information content (AvgIpc) is 3.77. The number of carbonyl (C=O) groups is 2. The molecule has 0 spiro atoms. The maximum absolute atomic E-state index is 13.7. The number of carbonyl (C=O) groups excluding carboxylic acids is 2. The molecule has 2 amide bonds. The minimum Gasteiger partial charge on any atom is -0.453 e. The number of ether oxygens (including phenoxy) is 2. The molecule has 1 aliphatic heterocycles. The number of fused-ring (bicyclic) bond motifs is 1. The van der Waals surface area contributed by atoms with Crippen molar-refractivity contribution >= 4 is 17.9 Å². The summed E-state index contributed by atoms with van der Waals surface area (Å²) in [6, 6.07) is -0.298. The van der Waals surface area contributed by atoms with Crippen LogP contribution in [0.1, 0.15) is 53.1 Å². The average molecular weight is 666 g/mol. The van der Waals surface area contributed by atoms with Crippen LogP contribution in [0.2, 0.25) is 0 Å². The number of alkyl halides is 12. The summed E-state index contributed by atoms with van der Waals surface area (Å²) in [7, 11) is 0.817. The lowest BCUT2D eigenvalue weighted by Crippen LogP contribution is -2.50. The van der Waals surface area contributed by atoms with Crippen LogP contribution in [0, 0.1) is 5.92 Å². The second-order valence-electron chi connectivity index (χ2n) is 10.5. The van der Waals surface area contributed by atoms with Gasteiger partial charge in [0.1, 0.15) is 0 Å². The standard InChI is InChI=1S/C27H22F12N2O4/c1-44-22(42)40(11-13-6-16(26(34,35)36)8-17(7-13)27(37,38)39)21-10-20(14-2-3-14)41(23(43)45-12-24(28,29)30)19-5-4-15(9-18(19)21)25(31,32)33/h4-9,14,20-21H,2-3,10-12H2,1H3. The molecule has 0 radical (unpaired) electrons. The summed E-state index contributed by atoms with van der Waals surface area (Å²) in [5.74, 6) is -0.425. The Hall–Kier alpha value is -3.86. The zero-order chi connectivity index (χ0) is 33.7. The molecule has 0 N–H and O–H groups in total. The van der Waals surface area contributed by atoms with Gasteiger partial charge in [0.2, 0.25) is 0 Å². The molecule has 2 unspecified atom stereocenters. The van der Waals surface area contributed by atoms with E-state index in [-0.39, 0.29) is 6.07 Å². The van der Waals surface area contributed by atoms with E-state index in [9.17, 15) is 62.3 Å². The lowest BCUT2D eigenvalue weighted by Gasteiger charge is -2.44. The van der Waals surface area contributed by atoms with Crippen LogP contribution in [0.5, 0.6) is 0 Å². The first kappa shape index (κ1) is 34.0. The van der Waals surface area contributed by atoms with E-state index in [2.05, 4.69) is 4.74 Å². The molecule has 2 aromatic carbocycles. The van der Waals surface area contributed by atoms with Crippen LogP contribution in [-0.4, -0.2) is 43.0 Å². The molecule has 18 heteroatoms. The highest BCUT2D eigenvalue weighted by atomic mass is 19.4. The van der Waals surface area contributed by atoms with Crippen LogP contribution < -0.4 is 4.90 Å². The number of methoxy groups -OCH3 is 1. The van der Waals surface area contributed by atoms with Crippen molar-refractivity contribution < 1.29 is 71.7 Å². The van der Waals surface area contributed by atoms with E-state index in [0.29, 0.717) is 42.0 Å². The summed E-state index contributed by atoms with van der Waals surface area (Å²) in [4.78, 5) is 27.3. The van der Waals surface area contributed by atoms with Gasteiger partial charge < -0.3 is 9.47 Å². The molecule has 0 aromatic heterocycles. The second kappa shape index (κ2) is 11.8. The molecular weight excluding hydrogens is 644 g/mol. The van der Waals surface area contributed by atoms with Crippen LogP contribution in [0.4, 0.5) is 68.0 Å². The number of hydrogen-bond acceptors (Lipinski definition) is 4. The predicted octanol–water partition coefficient (Wildman–Crippen LogP) is 8.74. The molecule has 2 aromatic rings. The van der Waals surface area contributed by atoms with Crippen LogP contribution in [0.15, 0.2) is 36.4 Å². The second-order valence-corrected chi connectivity index (χ2v) is 10.5. The van der Waals surface area contributed by atoms with Gasteiger partial charge in [0.05, 0.1) is 35.5 Å². The molecule has 4 rings (SSSR count). The summed E-state index contributed by atoms with van der Waals surface area (Å²) in [6.07, 6.45) is -23.0. The van der Waals surface area contributed by atoms with E-state index in [1.807, 2.05) is 0 Å². The highest BCUT2D eigenvalue weighted by Crippen LogP contribution is 2.50. The Morgan fingerprint density at radius 3 is 1.84 bits per heavy atom. The van der Waals surface area contributed by atoms with E-state index in [4.69, 9.17) is 4.74 Å². The first-order valence-electron chi connectivity index (χ1n) is 13.0. The minimum atomic E-state index is -5.25. The molecule has 1 fully saturated rings. The summed E-state index contributed by atoms with van der Waals surface area (Å²) < 4.78 is 170. The first-order valence-corrected chi connectivity index (χ1v) is 13.0. The van der Waals surface area contributed by atoms with Crippen LogP contribution in [0.25, 0.3) is 0 Å². The van der Waals surface area contributed by atoms with Gasteiger partial charge in [-0.25, -0.2) is 9.59 Å². The number of rotatable bonds is 5. The maximum atomic E-state index is 13.7. The van der Waals surface area contributed by atoms with Gasteiger partial charge in [0.25, 0.3) is 0 Å². The zero-order valence-electron chi connectivity index (χ0n) is 22.8. The van der Waals surface area contributed by atoms with Crippen molar-refractivity contribution in [2.45, 2.75) is 62.6 Å². The fourth-order valence-corrected chi connectivity index (χ4v) is 5.21. The Labute approximate surface area is 246 Å². The topological polar surface area (TPSA) is 59.1 Å². The van der Waals surface area contributed by atoms with Gasteiger partial charge in [0, 0.05) is 12.6 Å². The van der Waals surface area contributed by atoms with E-state index < -0.39 is 108 Å². The van der Waals surface area contributed by atoms with E-state index in [1.54, 1.807) is 0 Å². The Kier molecular flexibility index (Phi) is 8.93. The highest BCUT2D eigenvalue weighted by Gasteiger charge is 2.48. The Bertz CT molecular complexity index is 1400. The lowest BCUT2D eigenvalue weighted by atomic mass is 9.86. The van der Waals surface area contributed by atoms with Crippen LogP contribution in [0.3, 0.4) is 0 Å². The van der Waals surface area contributed by atoms with Crippen molar-refractivity contribution in [2.75, 3.05) is 18.6 Å². The van der Waals surface area contributed by atoms with Gasteiger partial charge in [-0.15, -0.1) is 0 Å². The monoisotopic (exact) mass is 666 g/mol. The molecular formula is C27H22F12N2O4. The fraction of sp³-hybridized carbons (Fsp3) is 0.481. The number of benzene rings is 2. The Morgan fingerprint density at radius 2 is 1.38 bits per heavy atom. The molecule has 248 valence electrons. The van der Waals surface area contributed by atoms with E-state index >= 15 is 0 Å². The summed E-state index contributed by atoms with van der Waals surface area (Å²) >= 11 is 0. The molecule has 0 saturated heterocycles. The maximum Gasteiger partial charge on any atom is 0.422 e. The third kappa shape index (κ3) is 7.87. The largest absolute Gasteiger partial charge is 0.453 e. The van der Waals surface area contributed by atoms with Crippen molar-refractivity contribution in [3.8, 4) is 0 Å². The van der Waals surface area contributed by atoms with E-state index in [1.165, 1.54) is 0 Å².